The molecule has 1 aromatic heterocycles. The molecule has 0 bridgehead atoms. The maximum absolute atomic E-state index is 13.7. The van der Waals surface area contributed by atoms with Crippen molar-refractivity contribution in [3.05, 3.63) is 120 Å². The number of aromatic nitrogens is 2. The molecule has 4 rings (SSSR count). The van der Waals surface area contributed by atoms with E-state index in [9.17, 15) is 14.0 Å². The van der Waals surface area contributed by atoms with Crippen LogP contribution in [0.2, 0.25) is 0 Å². The van der Waals surface area contributed by atoms with Gasteiger partial charge in [-0.25, -0.2) is 9.37 Å². The molecule has 0 saturated carbocycles. The van der Waals surface area contributed by atoms with Gasteiger partial charge in [-0.3, -0.25) is 14.6 Å². The molecular formula is C27H23FN4O3. The summed E-state index contributed by atoms with van der Waals surface area (Å²) in [6.45, 7) is 0.0653. The number of carbonyl (C=O) groups is 2. The zero-order chi connectivity index (χ0) is 24.6. The number of hydrogen-bond acceptors (Lipinski definition) is 5. The molecule has 0 fully saturated rings. The Kier molecular flexibility index (Phi) is 7.42. The molecule has 0 aliphatic rings. The average Bonchev–Trinajstić information content (AvgIpc) is 2.90. The Hall–Kier alpha value is -4.59. The minimum atomic E-state index is -1.03. The van der Waals surface area contributed by atoms with Gasteiger partial charge in [0.05, 0.1) is 19.9 Å². The predicted octanol–water partition coefficient (Wildman–Crippen LogP) is 4.65. The number of carbonyl (C=O) groups excluding carboxylic acids is 2. The summed E-state index contributed by atoms with van der Waals surface area (Å²) < 4.78 is 18.9. The van der Waals surface area contributed by atoms with Gasteiger partial charge in [-0.05, 0) is 35.9 Å². The van der Waals surface area contributed by atoms with Gasteiger partial charge in [0, 0.05) is 23.6 Å². The molecule has 3 aromatic carbocycles. The first-order chi connectivity index (χ1) is 17.1. The number of para-hydroxylation sites is 1. The first kappa shape index (κ1) is 23.6. The van der Waals surface area contributed by atoms with Crippen LogP contribution >= 0.6 is 0 Å². The molecule has 0 aliphatic heterocycles. The predicted molar refractivity (Wildman–Crippen MR) is 129 cm³/mol. The highest BCUT2D eigenvalue weighted by Gasteiger charge is 2.33. The first-order valence-corrected chi connectivity index (χ1v) is 10.9. The van der Waals surface area contributed by atoms with Crippen molar-refractivity contribution in [1.82, 2.24) is 14.9 Å². The SMILES string of the molecule is COc1ccccc1CN(C(=O)c1cnccn1)C(C(=O)Nc1ccc(F)cc1)c1ccccc1. The summed E-state index contributed by atoms with van der Waals surface area (Å²) in [4.78, 5) is 37.0. The van der Waals surface area contributed by atoms with Crippen LogP contribution in [0.1, 0.15) is 27.7 Å². The van der Waals surface area contributed by atoms with Crippen LogP contribution in [0.25, 0.3) is 0 Å². The third kappa shape index (κ3) is 5.67. The van der Waals surface area contributed by atoms with E-state index in [1.54, 1.807) is 37.4 Å². The van der Waals surface area contributed by atoms with Gasteiger partial charge in [-0.15, -0.1) is 0 Å². The molecule has 1 N–H and O–H groups in total. The Morgan fingerprint density at radius 2 is 1.69 bits per heavy atom. The number of hydrogen-bond donors (Lipinski definition) is 1. The summed E-state index contributed by atoms with van der Waals surface area (Å²) >= 11 is 0. The molecule has 176 valence electrons. The summed E-state index contributed by atoms with van der Waals surface area (Å²) in [6, 6.07) is 20.6. The normalized spacial score (nSPS) is 11.4. The Bertz CT molecular complexity index is 1280. The summed E-state index contributed by atoms with van der Waals surface area (Å²) in [5.41, 5.74) is 1.81. The highest BCUT2D eigenvalue weighted by atomic mass is 19.1. The maximum Gasteiger partial charge on any atom is 0.275 e. The number of nitrogens with zero attached hydrogens (tertiary/aromatic N) is 3. The van der Waals surface area contributed by atoms with Crippen LogP contribution in [0.15, 0.2) is 97.5 Å². The molecule has 8 heteroatoms. The lowest BCUT2D eigenvalue weighted by Gasteiger charge is -2.31. The molecule has 1 unspecified atom stereocenters. The molecule has 4 aromatic rings. The van der Waals surface area contributed by atoms with E-state index in [0.29, 0.717) is 22.6 Å². The fraction of sp³-hybridized carbons (Fsp3) is 0.111. The van der Waals surface area contributed by atoms with E-state index >= 15 is 0 Å². The van der Waals surface area contributed by atoms with E-state index in [1.807, 2.05) is 24.3 Å². The monoisotopic (exact) mass is 470 g/mol. The molecule has 0 radical (unpaired) electrons. The van der Waals surface area contributed by atoms with Crippen molar-refractivity contribution in [3.8, 4) is 5.75 Å². The van der Waals surface area contributed by atoms with Crippen LogP contribution in [0.4, 0.5) is 10.1 Å². The highest BCUT2D eigenvalue weighted by Crippen LogP contribution is 2.29. The van der Waals surface area contributed by atoms with Crippen LogP contribution in [0, 0.1) is 5.82 Å². The lowest BCUT2D eigenvalue weighted by molar-refractivity contribution is -0.121. The zero-order valence-corrected chi connectivity index (χ0v) is 19.0. The smallest absolute Gasteiger partial charge is 0.275 e. The summed E-state index contributed by atoms with van der Waals surface area (Å²) in [7, 11) is 1.55. The van der Waals surface area contributed by atoms with Gasteiger partial charge in [0.25, 0.3) is 11.8 Å². The number of amides is 2. The molecule has 0 saturated heterocycles. The van der Waals surface area contributed by atoms with Gasteiger partial charge < -0.3 is 15.0 Å². The van der Waals surface area contributed by atoms with Crippen LogP contribution in [0.3, 0.4) is 0 Å². The number of ether oxygens (including phenoxy) is 1. The van der Waals surface area contributed by atoms with E-state index in [-0.39, 0.29) is 12.2 Å². The molecule has 35 heavy (non-hydrogen) atoms. The summed E-state index contributed by atoms with van der Waals surface area (Å²) in [6.07, 6.45) is 4.25. The summed E-state index contributed by atoms with van der Waals surface area (Å²) in [5, 5.41) is 2.80. The van der Waals surface area contributed by atoms with Gasteiger partial charge in [0.15, 0.2) is 0 Å². The van der Waals surface area contributed by atoms with Crippen molar-refractivity contribution in [1.29, 1.82) is 0 Å². The standard InChI is InChI=1S/C27H23FN4O3/c1-35-24-10-6-5-9-20(24)18-32(27(34)23-17-29-15-16-30-23)25(19-7-3-2-4-8-19)26(33)31-22-13-11-21(28)12-14-22/h2-17,25H,18H2,1H3,(H,31,33). The van der Waals surface area contributed by atoms with Gasteiger partial charge >= 0.3 is 0 Å². The molecule has 1 heterocycles. The topological polar surface area (TPSA) is 84.4 Å². The minimum Gasteiger partial charge on any atom is -0.496 e. The number of anilines is 1. The molecular weight excluding hydrogens is 447 g/mol. The number of nitrogens with one attached hydrogen (secondary N) is 1. The first-order valence-electron chi connectivity index (χ1n) is 10.9. The van der Waals surface area contributed by atoms with Gasteiger partial charge in [0.2, 0.25) is 0 Å². The van der Waals surface area contributed by atoms with Crippen molar-refractivity contribution < 1.29 is 18.7 Å². The van der Waals surface area contributed by atoms with E-state index < -0.39 is 23.7 Å². The van der Waals surface area contributed by atoms with Gasteiger partial charge in [-0.1, -0.05) is 48.5 Å². The second kappa shape index (κ2) is 11.0. The van der Waals surface area contributed by atoms with Gasteiger partial charge in [-0.2, -0.15) is 0 Å². The Morgan fingerprint density at radius 1 is 0.971 bits per heavy atom. The number of benzene rings is 3. The summed E-state index contributed by atoms with van der Waals surface area (Å²) in [5.74, 6) is -0.782. The van der Waals surface area contributed by atoms with Crippen LogP contribution in [-0.4, -0.2) is 33.8 Å². The van der Waals surface area contributed by atoms with Crippen molar-refractivity contribution in [2.24, 2.45) is 0 Å². The third-order valence-electron chi connectivity index (χ3n) is 5.36. The fourth-order valence-electron chi connectivity index (χ4n) is 3.71. The largest absolute Gasteiger partial charge is 0.496 e. The molecule has 2 amide bonds. The third-order valence-corrected chi connectivity index (χ3v) is 5.36. The van der Waals surface area contributed by atoms with E-state index in [2.05, 4.69) is 15.3 Å². The molecule has 0 spiro atoms. The Labute approximate surface area is 202 Å². The van der Waals surface area contributed by atoms with E-state index in [1.165, 1.54) is 47.8 Å². The van der Waals surface area contributed by atoms with E-state index in [4.69, 9.17) is 4.74 Å². The van der Waals surface area contributed by atoms with Crippen LogP contribution < -0.4 is 10.1 Å². The van der Waals surface area contributed by atoms with E-state index in [0.717, 1.165) is 0 Å². The Morgan fingerprint density at radius 3 is 2.37 bits per heavy atom. The maximum atomic E-state index is 13.7. The average molecular weight is 471 g/mol. The highest BCUT2D eigenvalue weighted by molar-refractivity contribution is 6.00. The van der Waals surface area contributed by atoms with Crippen LogP contribution in [0.5, 0.6) is 5.75 Å². The fourth-order valence-corrected chi connectivity index (χ4v) is 3.71. The van der Waals surface area contributed by atoms with Crippen molar-refractivity contribution >= 4 is 17.5 Å². The minimum absolute atomic E-state index is 0.0653. The van der Waals surface area contributed by atoms with Gasteiger partial charge in [0.1, 0.15) is 23.3 Å². The second-order valence-electron chi connectivity index (χ2n) is 7.64. The Balaban J connectivity index is 1.79. The molecule has 0 aliphatic carbocycles. The lowest BCUT2D eigenvalue weighted by Crippen LogP contribution is -2.41. The quantitative estimate of drug-likeness (QED) is 0.405. The molecule has 1 atom stereocenters. The molecule has 7 nitrogen and oxygen atoms in total. The number of halogens is 1. The number of rotatable bonds is 8. The van der Waals surface area contributed by atoms with Crippen molar-refractivity contribution in [2.75, 3.05) is 12.4 Å². The van der Waals surface area contributed by atoms with Crippen molar-refractivity contribution in [3.63, 3.8) is 0 Å². The second-order valence-corrected chi connectivity index (χ2v) is 7.64. The van der Waals surface area contributed by atoms with Crippen LogP contribution in [-0.2, 0) is 11.3 Å². The lowest BCUT2D eigenvalue weighted by atomic mass is 10.0. The van der Waals surface area contributed by atoms with Crippen molar-refractivity contribution in [2.45, 2.75) is 12.6 Å². The zero-order valence-electron chi connectivity index (χ0n) is 19.0. The number of methoxy groups -OCH3 is 1.